The molecule has 0 aliphatic heterocycles. The van der Waals surface area contributed by atoms with Crippen LogP contribution in [0, 0.1) is 6.92 Å². The lowest BCUT2D eigenvalue weighted by Crippen LogP contribution is -2.49. The molecule has 0 spiro atoms. The van der Waals surface area contributed by atoms with Gasteiger partial charge in [0.05, 0.1) is 10.0 Å². The topological polar surface area (TPSA) is 58.6 Å². The number of para-hydroxylation sites is 1. The molecule has 0 aliphatic carbocycles. The van der Waals surface area contributed by atoms with E-state index >= 15 is 0 Å². The molecule has 2 aromatic carbocycles. The summed E-state index contributed by atoms with van der Waals surface area (Å²) in [5.41, 5.74) is 1.71. The summed E-state index contributed by atoms with van der Waals surface area (Å²) in [6, 6.07) is 12.0. The summed E-state index contributed by atoms with van der Waals surface area (Å²) in [5, 5.41) is 3.67. The zero-order chi connectivity index (χ0) is 21.4. The fourth-order valence-corrected chi connectivity index (χ4v) is 3.07. The van der Waals surface area contributed by atoms with Crippen molar-refractivity contribution in [2.75, 3.05) is 13.2 Å². The molecule has 156 valence electrons. The fourth-order valence-electron chi connectivity index (χ4n) is 2.75. The van der Waals surface area contributed by atoms with Gasteiger partial charge in [-0.1, -0.05) is 54.4 Å². The average molecular weight is 437 g/mol. The molecule has 0 aromatic heterocycles. The van der Waals surface area contributed by atoms with Crippen LogP contribution in [-0.4, -0.2) is 35.9 Å². The maximum atomic E-state index is 13.0. The number of aryl methyl sites for hydroxylation is 1. The number of amides is 2. The number of hydrogen-bond acceptors (Lipinski definition) is 3. The predicted octanol–water partition coefficient (Wildman–Crippen LogP) is 4.62. The van der Waals surface area contributed by atoms with Crippen molar-refractivity contribution in [3.8, 4) is 5.75 Å². The number of halogens is 2. The van der Waals surface area contributed by atoms with Gasteiger partial charge >= 0.3 is 0 Å². The molecule has 0 aliphatic rings. The van der Waals surface area contributed by atoms with Crippen LogP contribution in [0.4, 0.5) is 0 Å². The molecule has 0 saturated heterocycles. The van der Waals surface area contributed by atoms with E-state index in [1.165, 1.54) is 4.90 Å². The van der Waals surface area contributed by atoms with Gasteiger partial charge in [-0.25, -0.2) is 0 Å². The largest absolute Gasteiger partial charge is 0.484 e. The van der Waals surface area contributed by atoms with E-state index in [0.29, 0.717) is 22.3 Å². The molecule has 7 heteroatoms. The Morgan fingerprint density at radius 3 is 2.52 bits per heavy atom. The first-order valence-electron chi connectivity index (χ1n) is 9.53. The zero-order valence-corrected chi connectivity index (χ0v) is 18.4. The number of ether oxygens (including phenoxy) is 1. The van der Waals surface area contributed by atoms with E-state index < -0.39 is 6.04 Å². The first kappa shape index (κ1) is 23.0. The van der Waals surface area contributed by atoms with E-state index in [0.717, 1.165) is 17.5 Å². The molecular weight excluding hydrogens is 411 g/mol. The van der Waals surface area contributed by atoms with Crippen molar-refractivity contribution < 1.29 is 14.3 Å². The van der Waals surface area contributed by atoms with Gasteiger partial charge in [0.2, 0.25) is 5.91 Å². The Morgan fingerprint density at radius 1 is 1.14 bits per heavy atom. The number of benzene rings is 2. The third-order valence-electron chi connectivity index (χ3n) is 4.50. The van der Waals surface area contributed by atoms with Crippen molar-refractivity contribution in [3.05, 3.63) is 63.6 Å². The van der Waals surface area contributed by atoms with Crippen molar-refractivity contribution in [1.82, 2.24) is 10.2 Å². The molecule has 29 heavy (non-hydrogen) atoms. The summed E-state index contributed by atoms with van der Waals surface area (Å²) in [4.78, 5) is 26.9. The third kappa shape index (κ3) is 6.65. The Labute approximate surface area is 181 Å². The number of carbonyl (C=O) groups excluding carboxylic acids is 2. The van der Waals surface area contributed by atoms with E-state index in [4.69, 9.17) is 27.9 Å². The highest BCUT2D eigenvalue weighted by atomic mass is 35.5. The van der Waals surface area contributed by atoms with Crippen LogP contribution in [-0.2, 0) is 16.1 Å². The van der Waals surface area contributed by atoms with Gasteiger partial charge in [-0.3, -0.25) is 9.59 Å². The lowest BCUT2D eigenvalue weighted by atomic mass is 10.1. The van der Waals surface area contributed by atoms with Gasteiger partial charge in [0.25, 0.3) is 5.91 Å². The third-order valence-corrected chi connectivity index (χ3v) is 5.24. The van der Waals surface area contributed by atoms with Crippen LogP contribution >= 0.6 is 23.2 Å². The second kappa shape index (κ2) is 11.1. The lowest BCUT2D eigenvalue weighted by molar-refractivity contribution is -0.142. The van der Waals surface area contributed by atoms with Crippen molar-refractivity contribution in [1.29, 1.82) is 0 Å². The van der Waals surface area contributed by atoms with Gasteiger partial charge in [-0.2, -0.15) is 0 Å². The molecule has 5 nitrogen and oxygen atoms in total. The van der Waals surface area contributed by atoms with Crippen LogP contribution in [0.5, 0.6) is 5.75 Å². The van der Waals surface area contributed by atoms with E-state index in [1.54, 1.807) is 25.1 Å². The van der Waals surface area contributed by atoms with E-state index in [9.17, 15) is 9.59 Å². The van der Waals surface area contributed by atoms with Gasteiger partial charge in [-0.15, -0.1) is 0 Å². The number of hydrogen-bond donors (Lipinski definition) is 1. The Bertz CT molecular complexity index is 858. The summed E-state index contributed by atoms with van der Waals surface area (Å²) in [7, 11) is 0. The van der Waals surface area contributed by atoms with Crippen LogP contribution in [0.3, 0.4) is 0 Å². The Hall–Kier alpha value is -2.24. The van der Waals surface area contributed by atoms with E-state index in [2.05, 4.69) is 5.32 Å². The summed E-state index contributed by atoms with van der Waals surface area (Å²) in [5.74, 6) is 0.132. The summed E-state index contributed by atoms with van der Waals surface area (Å²) < 4.78 is 5.70. The normalized spacial score (nSPS) is 11.6. The monoisotopic (exact) mass is 436 g/mol. The smallest absolute Gasteiger partial charge is 0.261 e. The molecule has 1 atom stereocenters. The number of carbonyl (C=O) groups is 2. The SMILES string of the molecule is CCCNC(=O)[C@H](C)N(Cc1ccc(Cl)c(Cl)c1)C(=O)COc1ccccc1C. The van der Waals surface area contributed by atoms with E-state index in [-0.39, 0.29) is 25.0 Å². The van der Waals surface area contributed by atoms with Gasteiger partial charge in [0.1, 0.15) is 11.8 Å². The summed E-state index contributed by atoms with van der Waals surface area (Å²) in [6.07, 6.45) is 0.815. The van der Waals surface area contributed by atoms with Crippen molar-refractivity contribution >= 4 is 35.0 Å². The minimum atomic E-state index is -0.663. The first-order chi connectivity index (χ1) is 13.8. The molecule has 0 radical (unpaired) electrons. The lowest BCUT2D eigenvalue weighted by Gasteiger charge is -2.29. The van der Waals surface area contributed by atoms with Crippen molar-refractivity contribution in [2.24, 2.45) is 0 Å². The Morgan fingerprint density at radius 2 is 1.86 bits per heavy atom. The highest BCUT2D eigenvalue weighted by Gasteiger charge is 2.26. The molecule has 2 aromatic rings. The first-order valence-corrected chi connectivity index (χ1v) is 10.3. The van der Waals surface area contributed by atoms with Crippen LogP contribution in [0.25, 0.3) is 0 Å². The molecule has 0 unspecified atom stereocenters. The van der Waals surface area contributed by atoms with Crippen LogP contribution in [0.2, 0.25) is 10.0 Å². The van der Waals surface area contributed by atoms with Gasteiger partial charge in [0, 0.05) is 13.1 Å². The van der Waals surface area contributed by atoms with Crippen LogP contribution in [0.1, 0.15) is 31.4 Å². The standard InChI is InChI=1S/C22H26Cl2N2O3/c1-4-11-25-22(28)16(3)26(13-17-9-10-18(23)19(24)12-17)21(27)14-29-20-8-6-5-7-15(20)2/h5-10,12,16H,4,11,13-14H2,1-3H3,(H,25,28)/t16-/m0/s1. The van der Waals surface area contributed by atoms with Crippen LogP contribution < -0.4 is 10.1 Å². The predicted molar refractivity (Wildman–Crippen MR) is 116 cm³/mol. The number of rotatable bonds is 9. The Kier molecular flexibility index (Phi) is 8.80. The molecule has 0 heterocycles. The second-order valence-corrected chi connectivity index (χ2v) is 7.61. The van der Waals surface area contributed by atoms with E-state index in [1.807, 2.05) is 38.1 Å². The van der Waals surface area contributed by atoms with Gasteiger partial charge in [0.15, 0.2) is 6.61 Å². The Balaban J connectivity index is 2.17. The maximum Gasteiger partial charge on any atom is 0.261 e. The second-order valence-electron chi connectivity index (χ2n) is 6.79. The molecule has 2 amide bonds. The minimum absolute atomic E-state index is 0.169. The molecule has 1 N–H and O–H groups in total. The quantitative estimate of drug-likeness (QED) is 0.623. The highest BCUT2D eigenvalue weighted by molar-refractivity contribution is 6.42. The summed E-state index contributed by atoms with van der Waals surface area (Å²) in [6.45, 7) is 6.19. The van der Waals surface area contributed by atoms with Crippen molar-refractivity contribution in [3.63, 3.8) is 0 Å². The minimum Gasteiger partial charge on any atom is -0.484 e. The molecule has 2 rings (SSSR count). The maximum absolute atomic E-state index is 13.0. The molecule has 0 saturated carbocycles. The van der Waals surface area contributed by atoms with Crippen molar-refractivity contribution in [2.45, 2.75) is 39.8 Å². The number of nitrogens with one attached hydrogen (secondary N) is 1. The molecule has 0 bridgehead atoms. The number of nitrogens with zero attached hydrogens (tertiary/aromatic N) is 1. The van der Waals surface area contributed by atoms with Gasteiger partial charge < -0.3 is 15.0 Å². The molecular formula is C22H26Cl2N2O3. The van der Waals surface area contributed by atoms with Crippen LogP contribution in [0.15, 0.2) is 42.5 Å². The summed E-state index contributed by atoms with van der Waals surface area (Å²) >= 11 is 12.1. The van der Waals surface area contributed by atoms with Gasteiger partial charge in [-0.05, 0) is 49.6 Å². The molecule has 0 fully saturated rings. The average Bonchev–Trinajstić information content (AvgIpc) is 2.71. The fraction of sp³-hybridized carbons (Fsp3) is 0.364. The zero-order valence-electron chi connectivity index (χ0n) is 16.9. The highest BCUT2D eigenvalue weighted by Crippen LogP contribution is 2.24.